The normalized spacial score (nSPS) is 12.2. The van der Waals surface area contributed by atoms with E-state index < -0.39 is 16.1 Å². The van der Waals surface area contributed by atoms with Gasteiger partial charge in [0.1, 0.15) is 6.04 Å². The van der Waals surface area contributed by atoms with Gasteiger partial charge in [-0.2, -0.15) is 9.98 Å². The van der Waals surface area contributed by atoms with Crippen LogP contribution < -0.4 is 10.0 Å². The number of rotatable bonds is 7. The minimum absolute atomic E-state index is 0.0146. The molecule has 2 rings (SSSR count). The predicted octanol–water partition coefficient (Wildman–Crippen LogP) is 1.93. The summed E-state index contributed by atoms with van der Waals surface area (Å²) in [5, 5.41) is 11.5. The molecular formula is C18H19N3O3S. The van der Waals surface area contributed by atoms with Crippen LogP contribution in [-0.2, 0) is 21.4 Å². The van der Waals surface area contributed by atoms with Crippen molar-refractivity contribution in [2.75, 3.05) is 0 Å². The Balaban J connectivity index is 2.04. The smallest absolute Gasteiger partial charge is 0.241 e. The molecule has 0 aromatic heterocycles. The molecule has 2 aromatic carbocycles. The lowest BCUT2D eigenvalue weighted by Crippen LogP contribution is -2.46. The Hall–Kier alpha value is -2.69. The summed E-state index contributed by atoms with van der Waals surface area (Å²) in [5.74, 6) is -0.386. The first kappa shape index (κ1) is 18.6. The second-order valence-electron chi connectivity index (χ2n) is 5.42. The minimum Gasteiger partial charge on any atom is -0.351 e. The van der Waals surface area contributed by atoms with Gasteiger partial charge in [0.05, 0.1) is 16.5 Å². The second-order valence-corrected chi connectivity index (χ2v) is 7.14. The first-order valence-corrected chi connectivity index (χ1v) is 9.28. The zero-order valence-electron chi connectivity index (χ0n) is 13.8. The van der Waals surface area contributed by atoms with Gasteiger partial charge in [-0.25, -0.2) is 8.42 Å². The third kappa shape index (κ3) is 5.14. The molecule has 0 fully saturated rings. The van der Waals surface area contributed by atoms with Crippen molar-refractivity contribution >= 4 is 15.9 Å². The van der Waals surface area contributed by atoms with Crippen LogP contribution in [0, 0.1) is 11.3 Å². The van der Waals surface area contributed by atoms with Gasteiger partial charge in [0.15, 0.2) is 0 Å². The second kappa shape index (κ2) is 8.42. The number of carbonyl (C=O) groups excluding carboxylic acids is 1. The van der Waals surface area contributed by atoms with Crippen LogP contribution >= 0.6 is 0 Å². The number of carbonyl (C=O) groups is 1. The van der Waals surface area contributed by atoms with E-state index in [4.69, 9.17) is 5.26 Å². The van der Waals surface area contributed by atoms with E-state index >= 15 is 0 Å². The number of benzene rings is 2. The molecular weight excluding hydrogens is 338 g/mol. The molecule has 0 spiro atoms. The number of amides is 1. The van der Waals surface area contributed by atoms with Crippen LogP contribution in [0.15, 0.2) is 59.5 Å². The van der Waals surface area contributed by atoms with Crippen molar-refractivity contribution in [2.24, 2.45) is 0 Å². The fraction of sp³-hybridized carbons (Fsp3) is 0.222. The zero-order valence-corrected chi connectivity index (χ0v) is 14.6. The van der Waals surface area contributed by atoms with Gasteiger partial charge in [0.2, 0.25) is 15.9 Å². The van der Waals surface area contributed by atoms with Crippen LogP contribution in [0.2, 0.25) is 0 Å². The van der Waals surface area contributed by atoms with Crippen molar-refractivity contribution in [1.29, 1.82) is 5.26 Å². The molecule has 0 saturated heterocycles. The van der Waals surface area contributed by atoms with E-state index in [0.29, 0.717) is 18.5 Å². The molecule has 0 radical (unpaired) electrons. The topological polar surface area (TPSA) is 99.1 Å². The number of hydrogen-bond donors (Lipinski definition) is 2. The first-order valence-electron chi connectivity index (χ1n) is 7.80. The molecule has 6 nitrogen and oxygen atoms in total. The number of sulfonamides is 1. The van der Waals surface area contributed by atoms with Crippen molar-refractivity contribution in [1.82, 2.24) is 10.0 Å². The highest BCUT2D eigenvalue weighted by Crippen LogP contribution is 2.11. The third-order valence-corrected chi connectivity index (χ3v) is 5.11. The first-order chi connectivity index (χ1) is 12.0. The van der Waals surface area contributed by atoms with Gasteiger partial charge in [0, 0.05) is 6.54 Å². The fourth-order valence-corrected chi connectivity index (χ4v) is 3.47. The molecule has 7 heteroatoms. The molecule has 0 heterocycles. The van der Waals surface area contributed by atoms with Gasteiger partial charge in [-0.15, -0.1) is 0 Å². The summed E-state index contributed by atoms with van der Waals surface area (Å²) in [6.07, 6.45) is 0.316. The SMILES string of the molecule is CC[C@H](NS(=O)(=O)c1ccc(C#N)cc1)C(=O)NCc1ccccc1. The van der Waals surface area contributed by atoms with Crippen molar-refractivity contribution < 1.29 is 13.2 Å². The number of nitrogens with one attached hydrogen (secondary N) is 2. The molecule has 0 unspecified atom stereocenters. The molecule has 0 aliphatic carbocycles. The van der Waals surface area contributed by atoms with E-state index in [1.807, 2.05) is 36.4 Å². The molecule has 0 aliphatic heterocycles. The standard InChI is InChI=1S/C18H19N3O3S/c1-2-17(18(22)20-13-15-6-4-3-5-7-15)21-25(23,24)16-10-8-14(12-19)9-11-16/h3-11,17,21H,2,13H2,1H3,(H,20,22)/t17-/m0/s1. The number of nitriles is 1. The Morgan fingerprint density at radius 2 is 1.76 bits per heavy atom. The Kier molecular flexibility index (Phi) is 6.28. The van der Waals surface area contributed by atoms with Crippen molar-refractivity contribution in [3.63, 3.8) is 0 Å². The maximum atomic E-state index is 12.4. The van der Waals surface area contributed by atoms with Crippen LogP contribution in [0.5, 0.6) is 0 Å². The average Bonchev–Trinajstić information content (AvgIpc) is 2.65. The van der Waals surface area contributed by atoms with E-state index in [2.05, 4.69) is 10.0 Å². The van der Waals surface area contributed by atoms with Gasteiger partial charge in [-0.1, -0.05) is 37.3 Å². The van der Waals surface area contributed by atoms with Gasteiger partial charge >= 0.3 is 0 Å². The Morgan fingerprint density at radius 3 is 2.32 bits per heavy atom. The molecule has 0 aliphatic rings. The molecule has 1 atom stereocenters. The highest BCUT2D eigenvalue weighted by molar-refractivity contribution is 7.89. The van der Waals surface area contributed by atoms with Crippen molar-refractivity contribution in [3.8, 4) is 6.07 Å². The van der Waals surface area contributed by atoms with Gasteiger partial charge in [-0.05, 0) is 36.2 Å². The highest BCUT2D eigenvalue weighted by Gasteiger charge is 2.24. The lowest BCUT2D eigenvalue weighted by molar-refractivity contribution is -0.122. The average molecular weight is 357 g/mol. The quantitative estimate of drug-likeness (QED) is 0.791. The summed E-state index contributed by atoms with van der Waals surface area (Å²) in [6.45, 7) is 2.06. The summed E-state index contributed by atoms with van der Waals surface area (Å²) >= 11 is 0. The summed E-state index contributed by atoms with van der Waals surface area (Å²) in [5.41, 5.74) is 1.30. The lowest BCUT2D eigenvalue weighted by Gasteiger charge is -2.17. The minimum atomic E-state index is -3.84. The molecule has 130 valence electrons. The van der Waals surface area contributed by atoms with Crippen LogP contribution in [0.1, 0.15) is 24.5 Å². The fourth-order valence-electron chi connectivity index (χ4n) is 2.19. The van der Waals surface area contributed by atoms with E-state index in [9.17, 15) is 13.2 Å². The molecule has 25 heavy (non-hydrogen) atoms. The third-order valence-electron chi connectivity index (χ3n) is 3.63. The maximum Gasteiger partial charge on any atom is 0.241 e. The monoisotopic (exact) mass is 357 g/mol. The molecule has 2 aromatic rings. The largest absolute Gasteiger partial charge is 0.351 e. The van der Waals surface area contributed by atoms with Crippen LogP contribution in [0.4, 0.5) is 0 Å². The van der Waals surface area contributed by atoms with Crippen LogP contribution in [0.3, 0.4) is 0 Å². The van der Waals surface area contributed by atoms with Gasteiger partial charge < -0.3 is 5.32 Å². The van der Waals surface area contributed by atoms with E-state index in [1.54, 1.807) is 6.92 Å². The van der Waals surface area contributed by atoms with Gasteiger partial charge in [-0.3, -0.25) is 4.79 Å². The van der Waals surface area contributed by atoms with Gasteiger partial charge in [0.25, 0.3) is 0 Å². The molecule has 2 N–H and O–H groups in total. The summed E-state index contributed by atoms with van der Waals surface area (Å²) < 4.78 is 27.2. The highest BCUT2D eigenvalue weighted by atomic mass is 32.2. The zero-order chi connectivity index (χ0) is 18.3. The van der Waals surface area contributed by atoms with Crippen molar-refractivity contribution in [3.05, 3.63) is 65.7 Å². The van der Waals surface area contributed by atoms with E-state index in [0.717, 1.165) is 5.56 Å². The lowest BCUT2D eigenvalue weighted by atomic mass is 10.2. The summed E-state index contributed by atoms with van der Waals surface area (Å²) in [4.78, 5) is 12.3. The summed E-state index contributed by atoms with van der Waals surface area (Å²) in [7, 11) is -3.84. The summed E-state index contributed by atoms with van der Waals surface area (Å²) in [6, 6.07) is 16.0. The molecule has 0 saturated carbocycles. The van der Waals surface area contributed by atoms with E-state index in [-0.39, 0.29) is 10.8 Å². The number of nitrogens with zero attached hydrogens (tertiary/aromatic N) is 1. The number of hydrogen-bond acceptors (Lipinski definition) is 4. The predicted molar refractivity (Wildman–Crippen MR) is 93.8 cm³/mol. The van der Waals surface area contributed by atoms with Crippen LogP contribution in [-0.4, -0.2) is 20.4 Å². The van der Waals surface area contributed by atoms with E-state index in [1.165, 1.54) is 24.3 Å². The Morgan fingerprint density at radius 1 is 1.12 bits per heavy atom. The van der Waals surface area contributed by atoms with Crippen molar-refractivity contribution in [2.45, 2.75) is 30.8 Å². The Bertz CT molecular complexity index is 857. The maximum absolute atomic E-state index is 12.4. The molecule has 0 bridgehead atoms. The Labute approximate surface area is 147 Å². The molecule has 1 amide bonds. The van der Waals surface area contributed by atoms with Crippen LogP contribution in [0.25, 0.3) is 0 Å².